The molecule has 1 unspecified atom stereocenters. The second-order valence-corrected chi connectivity index (χ2v) is 3.98. The summed E-state index contributed by atoms with van der Waals surface area (Å²) in [5.74, 6) is 0.641. The van der Waals surface area contributed by atoms with Crippen LogP contribution in [0.4, 0.5) is 0 Å². The Labute approximate surface area is 71.2 Å². The number of hydrogen-bond donors (Lipinski definition) is 2. The van der Waals surface area contributed by atoms with Crippen LogP contribution >= 0.6 is 0 Å². The first-order valence-electron chi connectivity index (χ1n) is 4.27. The van der Waals surface area contributed by atoms with Gasteiger partial charge in [-0.15, -0.1) is 0 Å². The number of hydrogen-bond acceptors (Lipinski definition) is 3. The highest BCUT2D eigenvalue weighted by Gasteiger charge is 2.54. The maximum absolute atomic E-state index is 10.7. The van der Waals surface area contributed by atoms with Crippen molar-refractivity contribution >= 4 is 5.91 Å². The molecule has 2 rings (SSSR count). The SMILES string of the molecule is NC(=O)CC1(N)C[C@H]2COC[C@H]21. The fraction of sp³-hybridized carbons (Fsp3) is 0.875. The van der Waals surface area contributed by atoms with Crippen LogP contribution in [0, 0.1) is 11.8 Å². The average molecular weight is 170 g/mol. The van der Waals surface area contributed by atoms with Crippen LogP contribution < -0.4 is 11.5 Å². The molecule has 1 heterocycles. The highest BCUT2D eigenvalue weighted by atomic mass is 16.5. The second kappa shape index (κ2) is 2.44. The number of carbonyl (C=O) groups is 1. The van der Waals surface area contributed by atoms with Crippen molar-refractivity contribution in [3.63, 3.8) is 0 Å². The summed E-state index contributed by atoms with van der Waals surface area (Å²) in [5.41, 5.74) is 10.8. The van der Waals surface area contributed by atoms with E-state index < -0.39 is 0 Å². The first kappa shape index (κ1) is 8.01. The van der Waals surface area contributed by atoms with E-state index in [2.05, 4.69) is 0 Å². The van der Waals surface area contributed by atoms with E-state index in [0.717, 1.165) is 13.0 Å². The Morgan fingerprint density at radius 1 is 1.58 bits per heavy atom. The first-order valence-corrected chi connectivity index (χ1v) is 4.27. The molecule has 0 spiro atoms. The fourth-order valence-corrected chi connectivity index (χ4v) is 2.44. The van der Waals surface area contributed by atoms with E-state index in [-0.39, 0.29) is 11.4 Å². The minimum Gasteiger partial charge on any atom is -0.381 e. The summed E-state index contributed by atoms with van der Waals surface area (Å²) < 4.78 is 5.28. The predicted molar refractivity (Wildman–Crippen MR) is 43.1 cm³/mol. The van der Waals surface area contributed by atoms with Gasteiger partial charge in [-0.1, -0.05) is 0 Å². The van der Waals surface area contributed by atoms with Crippen LogP contribution in [-0.2, 0) is 9.53 Å². The molecule has 0 aromatic heterocycles. The Balaban J connectivity index is 2.00. The van der Waals surface area contributed by atoms with E-state index in [1.165, 1.54) is 0 Å². The van der Waals surface area contributed by atoms with Gasteiger partial charge < -0.3 is 16.2 Å². The van der Waals surface area contributed by atoms with Gasteiger partial charge in [-0.3, -0.25) is 4.79 Å². The van der Waals surface area contributed by atoms with Gasteiger partial charge in [0.05, 0.1) is 6.61 Å². The normalized spacial score (nSPS) is 45.1. The number of rotatable bonds is 2. The summed E-state index contributed by atoms with van der Waals surface area (Å²) in [5, 5.41) is 0. The van der Waals surface area contributed by atoms with E-state index in [1.54, 1.807) is 0 Å². The second-order valence-electron chi connectivity index (χ2n) is 3.98. The lowest BCUT2D eigenvalue weighted by molar-refractivity contribution is -0.121. The van der Waals surface area contributed by atoms with Crippen LogP contribution in [0.3, 0.4) is 0 Å². The molecule has 1 saturated carbocycles. The fourth-order valence-electron chi connectivity index (χ4n) is 2.44. The van der Waals surface area contributed by atoms with Crippen molar-refractivity contribution in [2.45, 2.75) is 18.4 Å². The third-order valence-electron chi connectivity index (χ3n) is 3.08. The van der Waals surface area contributed by atoms with Crippen LogP contribution in [0.15, 0.2) is 0 Å². The molecule has 0 aromatic rings. The van der Waals surface area contributed by atoms with E-state index in [9.17, 15) is 4.79 Å². The van der Waals surface area contributed by atoms with Gasteiger partial charge in [-0.25, -0.2) is 0 Å². The van der Waals surface area contributed by atoms with E-state index in [4.69, 9.17) is 16.2 Å². The minimum atomic E-state index is -0.354. The average Bonchev–Trinajstić information content (AvgIpc) is 2.29. The largest absolute Gasteiger partial charge is 0.381 e. The molecule has 1 aliphatic heterocycles. The van der Waals surface area contributed by atoms with Crippen LogP contribution in [0.25, 0.3) is 0 Å². The summed E-state index contributed by atoms with van der Waals surface area (Å²) in [6.07, 6.45) is 1.19. The zero-order valence-electron chi connectivity index (χ0n) is 6.95. The monoisotopic (exact) mass is 170 g/mol. The number of carbonyl (C=O) groups excluding carboxylic acids is 1. The molecular weight excluding hydrogens is 156 g/mol. The number of ether oxygens (including phenoxy) is 1. The lowest BCUT2D eigenvalue weighted by atomic mass is 9.60. The van der Waals surface area contributed by atoms with E-state index >= 15 is 0 Å². The molecule has 3 atom stereocenters. The Bertz CT molecular complexity index is 219. The number of fused-ring (bicyclic) bond motifs is 1. The van der Waals surface area contributed by atoms with Crippen LogP contribution in [0.1, 0.15) is 12.8 Å². The third kappa shape index (κ3) is 1.03. The molecule has 0 aromatic carbocycles. The lowest BCUT2D eigenvalue weighted by Crippen LogP contribution is -2.61. The lowest BCUT2D eigenvalue weighted by Gasteiger charge is -2.48. The molecule has 0 radical (unpaired) electrons. The molecule has 4 nitrogen and oxygen atoms in total. The molecule has 0 bridgehead atoms. The standard InChI is InChI=1S/C8H14N2O2/c9-7(11)2-8(10)1-5-3-12-4-6(5)8/h5-6H,1-4,10H2,(H2,9,11)/t5-,6+,8?/m0/s1. The highest BCUT2D eigenvalue weighted by molar-refractivity contribution is 5.75. The van der Waals surface area contributed by atoms with Crippen molar-refractivity contribution in [3.05, 3.63) is 0 Å². The Morgan fingerprint density at radius 3 is 2.92 bits per heavy atom. The van der Waals surface area contributed by atoms with Gasteiger partial charge in [0.15, 0.2) is 0 Å². The quantitative estimate of drug-likeness (QED) is 0.571. The van der Waals surface area contributed by atoms with Crippen LogP contribution in [-0.4, -0.2) is 24.7 Å². The van der Waals surface area contributed by atoms with Crippen molar-refractivity contribution in [1.82, 2.24) is 0 Å². The zero-order valence-corrected chi connectivity index (χ0v) is 6.95. The smallest absolute Gasteiger partial charge is 0.219 e. The van der Waals surface area contributed by atoms with Crippen molar-refractivity contribution in [3.8, 4) is 0 Å². The number of amides is 1. The molecule has 68 valence electrons. The Kier molecular flexibility index (Phi) is 1.63. The Morgan fingerprint density at radius 2 is 2.33 bits per heavy atom. The Hall–Kier alpha value is -0.610. The molecule has 1 aliphatic carbocycles. The summed E-state index contributed by atoms with van der Waals surface area (Å²) in [7, 11) is 0. The molecule has 12 heavy (non-hydrogen) atoms. The van der Waals surface area contributed by atoms with Crippen molar-refractivity contribution in [2.24, 2.45) is 23.3 Å². The molecule has 2 fully saturated rings. The molecule has 1 amide bonds. The van der Waals surface area contributed by atoms with Gasteiger partial charge in [-0.05, 0) is 12.3 Å². The summed E-state index contributed by atoms with van der Waals surface area (Å²) in [6.45, 7) is 1.51. The van der Waals surface area contributed by atoms with Gasteiger partial charge in [0, 0.05) is 24.5 Å². The molecule has 4 heteroatoms. The maximum Gasteiger partial charge on any atom is 0.219 e. The van der Waals surface area contributed by atoms with Crippen molar-refractivity contribution in [1.29, 1.82) is 0 Å². The summed E-state index contributed by atoms with van der Waals surface area (Å²) in [4.78, 5) is 10.7. The highest BCUT2D eigenvalue weighted by Crippen LogP contribution is 2.47. The molecular formula is C8H14N2O2. The number of primary amides is 1. The van der Waals surface area contributed by atoms with Crippen LogP contribution in [0.5, 0.6) is 0 Å². The van der Waals surface area contributed by atoms with Gasteiger partial charge in [0.2, 0.25) is 5.91 Å². The summed E-state index contributed by atoms with van der Waals surface area (Å²) in [6, 6.07) is 0. The minimum absolute atomic E-state index is 0.303. The van der Waals surface area contributed by atoms with Crippen molar-refractivity contribution in [2.75, 3.05) is 13.2 Å². The third-order valence-corrected chi connectivity index (χ3v) is 3.08. The zero-order chi connectivity index (χ0) is 8.77. The van der Waals surface area contributed by atoms with Gasteiger partial charge in [0.1, 0.15) is 0 Å². The van der Waals surface area contributed by atoms with Gasteiger partial charge >= 0.3 is 0 Å². The van der Waals surface area contributed by atoms with Gasteiger partial charge in [0.25, 0.3) is 0 Å². The summed E-state index contributed by atoms with van der Waals surface area (Å²) >= 11 is 0. The van der Waals surface area contributed by atoms with Crippen LogP contribution in [0.2, 0.25) is 0 Å². The number of nitrogens with two attached hydrogens (primary N) is 2. The van der Waals surface area contributed by atoms with Gasteiger partial charge in [-0.2, -0.15) is 0 Å². The molecule has 1 saturated heterocycles. The van der Waals surface area contributed by atoms with Crippen molar-refractivity contribution < 1.29 is 9.53 Å². The van der Waals surface area contributed by atoms with E-state index in [0.29, 0.717) is 24.9 Å². The first-order chi connectivity index (χ1) is 5.62. The van der Waals surface area contributed by atoms with E-state index in [1.807, 2.05) is 0 Å². The molecule has 4 N–H and O–H groups in total. The predicted octanol–water partition coefficient (Wildman–Crippen LogP) is -0.774. The molecule has 2 aliphatic rings. The maximum atomic E-state index is 10.7. The topological polar surface area (TPSA) is 78.3 Å².